The van der Waals surface area contributed by atoms with Gasteiger partial charge in [-0.15, -0.1) is 0 Å². The average Bonchev–Trinajstić information content (AvgIpc) is 3.86. The van der Waals surface area contributed by atoms with Crippen LogP contribution in [0.4, 0.5) is 22.7 Å². The molecule has 58 heavy (non-hydrogen) atoms. The lowest BCUT2D eigenvalue weighted by molar-refractivity contribution is 0.483. The minimum Gasteiger partial charge on any atom is -0.457 e. The van der Waals surface area contributed by atoms with Gasteiger partial charge in [-0.1, -0.05) is 118 Å². The summed E-state index contributed by atoms with van der Waals surface area (Å²) in [5, 5.41) is 0.930. The van der Waals surface area contributed by atoms with Crippen LogP contribution < -0.4 is 14.5 Å². The quantitative estimate of drug-likeness (QED) is 0.162. The number of hydrogen-bond acceptors (Lipinski definition) is 4. The van der Waals surface area contributed by atoms with Gasteiger partial charge in [-0.3, -0.25) is 4.57 Å². The number of fused-ring (bicyclic) bond motifs is 4. The molecule has 0 radical (unpaired) electrons. The minimum atomic E-state index is -0.350. The topological polar surface area (TPSA) is 33.5 Å². The van der Waals surface area contributed by atoms with Gasteiger partial charge in [-0.25, -0.2) is 4.98 Å². The maximum atomic E-state index is 9.30. The monoisotopic (exact) mass is 759 g/mol. The van der Waals surface area contributed by atoms with Crippen LogP contribution >= 0.6 is 0 Å². The normalized spacial score (nSPS) is 14.4. The molecule has 0 atom stereocenters. The van der Waals surface area contributed by atoms with Crippen molar-refractivity contribution in [3.8, 4) is 39.6 Å². The molecule has 3 heterocycles. The standard InChI is InChI=1S/C53H44N4O/c1-36-30-45(37-16-7-5-8-17-37)52(46(31-36)38-18-9-6-10-19-38)56-35-55(48-24-13-14-25-49(48)56)40-20-15-21-41(33-40)58-42-26-27-44-43-22-11-12-23-47(43)57(50(44)34-42)51-32-39(28-29-54-51)53(2,3)4/h5-34H,35H2,1-4H3/i11D,12D,15D,20D,21D,22D,23D. The first-order valence-electron chi connectivity index (χ1n) is 22.9. The Morgan fingerprint density at radius 2 is 1.28 bits per heavy atom. The van der Waals surface area contributed by atoms with Gasteiger partial charge in [0.05, 0.1) is 37.7 Å². The van der Waals surface area contributed by atoms with Crippen molar-refractivity contribution >= 4 is 44.6 Å². The number of anilines is 4. The largest absolute Gasteiger partial charge is 0.457 e. The van der Waals surface area contributed by atoms with Crippen molar-refractivity contribution in [2.24, 2.45) is 0 Å². The fraction of sp³-hybridized carbons (Fsp3) is 0.113. The third-order valence-corrected chi connectivity index (χ3v) is 10.8. The van der Waals surface area contributed by atoms with E-state index in [2.05, 4.69) is 75.1 Å². The molecule has 1 aliphatic rings. The van der Waals surface area contributed by atoms with E-state index >= 15 is 0 Å². The molecule has 0 bridgehead atoms. The number of aromatic nitrogens is 2. The second-order valence-electron chi connectivity index (χ2n) is 15.7. The lowest BCUT2D eigenvalue weighted by Gasteiger charge is -2.28. The molecule has 282 valence electrons. The van der Waals surface area contributed by atoms with Crippen molar-refractivity contribution in [1.82, 2.24) is 9.55 Å². The predicted molar refractivity (Wildman–Crippen MR) is 241 cm³/mol. The molecule has 7 aromatic carbocycles. The van der Waals surface area contributed by atoms with Crippen LogP contribution in [-0.2, 0) is 5.41 Å². The van der Waals surface area contributed by atoms with Crippen LogP contribution in [0, 0.1) is 6.92 Å². The number of ether oxygens (including phenoxy) is 1. The zero-order valence-corrected chi connectivity index (χ0v) is 32.7. The van der Waals surface area contributed by atoms with Crippen LogP contribution in [0.25, 0.3) is 49.9 Å². The molecule has 0 spiro atoms. The first-order valence-corrected chi connectivity index (χ1v) is 19.4. The van der Waals surface area contributed by atoms with E-state index in [9.17, 15) is 1.37 Å². The molecule has 10 rings (SSSR count). The van der Waals surface area contributed by atoms with Crippen molar-refractivity contribution in [2.45, 2.75) is 33.1 Å². The Balaban J connectivity index is 1.11. The van der Waals surface area contributed by atoms with E-state index < -0.39 is 0 Å². The number of aryl methyl sites for hydroxylation is 1. The lowest BCUT2D eigenvalue weighted by atomic mass is 9.88. The highest BCUT2D eigenvalue weighted by molar-refractivity contribution is 6.09. The van der Waals surface area contributed by atoms with Crippen LogP contribution in [0.15, 0.2) is 182 Å². The van der Waals surface area contributed by atoms with Gasteiger partial charge in [-0.2, -0.15) is 0 Å². The number of nitrogens with zero attached hydrogens (tertiary/aromatic N) is 4. The van der Waals surface area contributed by atoms with Gasteiger partial charge >= 0.3 is 0 Å². The predicted octanol–water partition coefficient (Wildman–Crippen LogP) is 14.2. The molecule has 9 aromatic rings. The molecule has 0 fully saturated rings. The SMILES string of the molecule is [2H]c1c(Oc2ccc3c4c([2H])c([2H])c([2H])c([2H])c4n(-c4cc(C(C)(C)C)ccn4)c3c2)cc(N2CN(c3c(-c4ccccc4)cc(C)cc3-c3ccccc3)c3ccccc32)c([2H])c1[2H]. The van der Waals surface area contributed by atoms with Crippen LogP contribution in [-0.4, -0.2) is 16.2 Å². The van der Waals surface area contributed by atoms with Gasteiger partial charge in [0.25, 0.3) is 0 Å². The van der Waals surface area contributed by atoms with Gasteiger partial charge in [-0.05, 0) is 101 Å². The van der Waals surface area contributed by atoms with E-state index in [1.54, 1.807) is 35.0 Å². The third kappa shape index (κ3) is 6.25. The third-order valence-electron chi connectivity index (χ3n) is 10.8. The maximum Gasteiger partial charge on any atom is 0.137 e. The molecule has 5 heteroatoms. The van der Waals surface area contributed by atoms with E-state index in [1.165, 1.54) is 0 Å². The molecule has 0 N–H and O–H groups in total. The van der Waals surface area contributed by atoms with Crippen molar-refractivity contribution in [1.29, 1.82) is 0 Å². The minimum absolute atomic E-state index is 0.0707. The summed E-state index contributed by atoms with van der Waals surface area (Å²) in [5.74, 6) is 0.858. The maximum absolute atomic E-state index is 9.30. The van der Waals surface area contributed by atoms with Gasteiger partial charge in [0.15, 0.2) is 0 Å². The summed E-state index contributed by atoms with van der Waals surface area (Å²) < 4.78 is 70.9. The summed E-state index contributed by atoms with van der Waals surface area (Å²) in [4.78, 5) is 8.97. The summed E-state index contributed by atoms with van der Waals surface area (Å²) in [5.41, 5.74) is 10.1. The first-order chi connectivity index (χ1) is 31.2. The Morgan fingerprint density at radius 3 is 1.98 bits per heavy atom. The molecular weight excluding hydrogens is 709 g/mol. The fourth-order valence-corrected chi connectivity index (χ4v) is 8.04. The van der Waals surface area contributed by atoms with Gasteiger partial charge in [0.2, 0.25) is 0 Å². The van der Waals surface area contributed by atoms with Gasteiger partial charge in [0, 0.05) is 45.9 Å². The van der Waals surface area contributed by atoms with E-state index in [0.717, 1.165) is 50.4 Å². The van der Waals surface area contributed by atoms with E-state index in [-0.39, 0.29) is 59.0 Å². The molecule has 0 saturated carbocycles. The van der Waals surface area contributed by atoms with E-state index in [1.807, 2.05) is 71.6 Å². The number of benzene rings is 7. The molecule has 1 aliphatic heterocycles. The lowest BCUT2D eigenvalue weighted by Crippen LogP contribution is -2.25. The summed E-state index contributed by atoms with van der Waals surface area (Å²) in [6.45, 7) is 8.69. The highest BCUT2D eigenvalue weighted by Crippen LogP contribution is 2.50. The van der Waals surface area contributed by atoms with E-state index in [0.29, 0.717) is 40.2 Å². The number of pyridine rings is 1. The van der Waals surface area contributed by atoms with E-state index in [4.69, 9.17) is 17.9 Å². The molecule has 5 nitrogen and oxygen atoms in total. The van der Waals surface area contributed by atoms with Crippen LogP contribution in [0.1, 0.15) is 41.5 Å². The highest BCUT2D eigenvalue weighted by Gasteiger charge is 2.31. The average molecular weight is 760 g/mol. The number of hydrogen-bond donors (Lipinski definition) is 0. The van der Waals surface area contributed by atoms with Gasteiger partial charge in [0.1, 0.15) is 24.0 Å². The summed E-state index contributed by atoms with van der Waals surface area (Å²) in [7, 11) is 0. The Bertz CT molecular complexity index is 3310. The molecule has 0 amide bonds. The smallest absolute Gasteiger partial charge is 0.137 e. The Kier molecular flexibility index (Phi) is 6.89. The van der Waals surface area contributed by atoms with Crippen LogP contribution in [0.5, 0.6) is 11.5 Å². The molecule has 0 saturated heterocycles. The van der Waals surface area contributed by atoms with Crippen LogP contribution in [0.3, 0.4) is 0 Å². The number of para-hydroxylation sites is 3. The van der Waals surface area contributed by atoms with Crippen molar-refractivity contribution in [3.05, 3.63) is 193 Å². The first kappa shape index (κ1) is 28.3. The Hall–Kier alpha value is -7.11. The zero-order chi connectivity index (χ0) is 45.5. The Labute approximate surface area is 349 Å². The molecule has 0 unspecified atom stereocenters. The zero-order valence-electron chi connectivity index (χ0n) is 39.7. The molecular formula is C53H44N4O. The fourth-order valence-electron chi connectivity index (χ4n) is 8.04. The molecule has 0 aliphatic carbocycles. The summed E-state index contributed by atoms with van der Waals surface area (Å²) in [6.07, 6.45) is 1.70. The summed E-state index contributed by atoms with van der Waals surface area (Å²) >= 11 is 0. The highest BCUT2D eigenvalue weighted by atomic mass is 16.5. The molecule has 2 aromatic heterocycles. The van der Waals surface area contributed by atoms with Crippen molar-refractivity contribution in [2.75, 3.05) is 16.5 Å². The number of rotatable bonds is 7. The Morgan fingerprint density at radius 1 is 0.603 bits per heavy atom. The second-order valence-corrected chi connectivity index (χ2v) is 15.7. The summed E-state index contributed by atoms with van der Waals surface area (Å²) in [6, 6.07) is 42.1. The second kappa shape index (κ2) is 14.1. The van der Waals surface area contributed by atoms with Crippen LogP contribution in [0.2, 0.25) is 0 Å². The van der Waals surface area contributed by atoms with Crippen molar-refractivity contribution < 1.29 is 14.3 Å². The van der Waals surface area contributed by atoms with Gasteiger partial charge < -0.3 is 14.5 Å². The van der Waals surface area contributed by atoms with Crippen molar-refractivity contribution in [3.63, 3.8) is 0 Å².